The Bertz CT molecular complexity index is 159. The predicted molar refractivity (Wildman–Crippen MR) is 38.6 cm³/mol. The van der Waals surface area contributed by atoms with E-state index in [4.69, 9.17) is 0 Å². The largest absolute Gasteiger partial charge is 0.351 e. The van der Waals surface area contributed by atoms with Gasteiger partial charge in [0.15, 0.2) is 0 Å². The fraction of sp³-hybridized carbons (Fsp3) is 0.875. The van der Waals surface area contributed by atoms with Crippen LogP contribution in [-0.2, 0) is 4.79 Å². The third kappa shape index (κ3) is 0.825. The van der Waals surface area contributed by atoms with Crippen molar-refractivity contribution in [2.45, 2.75) is 44.1 Å². The van der Waals surface area contributed by atoms with Gasteiger partial charge in [-0.05, 0) is 19.3 Å². The summed E-state index contributed by atoms with van der Waals surface area (Å²) in [6.45, 7) is 0. The zero-order valence-electron chi connectivity index (χ0n) is 6.15. The topological polar surface area (TPSA) is 29.1 Å². The monoisotopic (exact) mass is 139 g/mol. The normalized spacial score (nSPS) is 29.4. The van der Waals surface area contributed by atoms with Crippen molar-refractivity contribution in [1.82, 2.24) is 5.32 Å². The summed E-state index contributed by atoms with van der Waals surface area (Å²) < 4.78 is 0. The number of carbonyl (C=O) groups excluding carboxylic acids is 1. The first-order valence-electron chi connectivity index (χ1n) is 4.12. The maximum Gasteiger partial charge on any atom is 0.220 e. The van der Waals surface area contributed by atoms with Crippen LogP contribution in [0, 0.1) is 0 Å². The van der Waals surface area contributed by atoms with Crippen molar-refractivity contribution >= 4 is 5.91 Å². The number of rotatable bonds is 0. The average Bonchev–Trinajstić information content (AvgIpc) is 2.46. The Morgan fingerprint density at radius 1 is 1.20 bits per heavy atom. The minimum atomic E-state index is 0.261. The molecule has 1 N–H and O–H groups in total. The van der Waals surface area contributed by atoms with Crippen molar-refractivity contribution < 1.29 is 4.79 Å². The molecule has 10 heavy (non-hydrogen) atoms. The van der Waals surface area contributed by atoms with E-state index in [1.807, 2.05) is 0 Å². The van der Waals surface area contributed by atoms with Gasteiger partial charge in [-0.25, -0.2) is 0 Å². The van der Waals surface area contributed by atoms with Crippen LogP contribution in [0.1, 0.15) is 38.5 Å². The molecule has 1 aliphatic heterocycles. The van der Waals surface area contributed by atoms with E-state index in [9.17, 15) is 4.79 Å². The first-order valence-corrected chi connectivity index (χ1v) is 4.12. The van der Waals surface area contributed by atoms with Crippen LogP contribution in [-0.4, -0.2) is 11.4 Å². The number of hydrogen-bond acceptors (Lipinski definition) is 1. The van der Waals surface area contributed by atoms with E-state index >= 15 is 0 Å². The Labute approximate surface area is 61.0 Å². The lowest BCUT2D eigenvalue weighted by atomic mass is 9.96. The highest BCUT2D eigenvalue weighted by atomic mass is 16.2. The molecule has 0 atom stereocenters. The molecule has 1 saturated heterocycles. The van der Waals surface area contributed by atoms with Crippen LogP contribution in [0.15, 0.2) is 0 Å². The van der Waals surface area contributed by atoms with E-state index in [-0.39, 0.29) is 11.4 Å². The SMILES string of the molecule is O=C1CCC2(CCCC2)N1. The second-order valence-corrected chi connectivity index (χ2v) is 3.54. The Balaban J connectivity index is 2.09. The van der Waals surface area contributed by atoms with Crippen molar-refractivity contribution in [1.29, 1.82) is 0 Å². The molecule has 1 saturated carbocycles. The van der Waals surface area contributed by atoms with Crippen LogP contribution in [0.2, 0.25) is 0 Å². The summed E-state index contributed by atoms with van der Waals surface area (Å²) in [6, 6.07) is 0. The summed E-state index contributed by atoms with van der Waals surface area (Å²) >= 11 is 0. The van der Waals surface area contributed by atoms with Gasteiger partial charge in [0.05, 0.1) is 0 Å². The number of hydrogen-bond donors (Lipinski definition) is 1. The van der Waals surface area contributed by atoms with Gasteiger partial charge in [0, 0.05) is 12.0 Å². The second-order valence-electron chi connectivity index (χ2n) is 3.54. The van der Waals surface area contributed by atoms with E-state index in [0.29, 0.717) is 0 Å². The highest BCUT2D eigenvalue weighted by Gasteiger charge is 2.39. The molecule has 2 nitrogen and oxygen atoms in total. The molecule has 0 aromatic carbocycles. The molecule has 1 aliphatic carbocycles. The highest BCUT2D eigenvalue weighted by Crippen LogP contribution is 2.36. The number of amides is 1. The van der Waals surface area contributed by atoms with Gasteiger partial charge in [0.2, 0.25) is 5.91 Å². The average molecular weight is 139 g/mol. The van der Waals surface area contributed by atoms with Gasteiger partial charge in [-0.1, -0.05) is 12.8 Å². The Kier molecular flexibility index (Phi) is 1.22. The molecule has 2 rings (SSSR count). The first kappa shape index (κ1) is 6.20. The zero-order valence-corrected chi connectivity index (χ0v) is 6.15. The molecule has 1 amide bonds. The van der Waals surface area contributed by atoms with Gasteiger partial charge in [0.1, 0.15) is 0 Å². The molecule has 56 valence electrons. The van der Waals surface area contributed by atoms with E-state index < -0.39 is 0 Å². The smallest absolute Gasteiger partial charge is 0.220 e. The molecule has 1 heterocycles. The van der Waals surface area contributed by atoms with Crippen LogP contribution >= 0.6 is 0 Å². The molecular formula is C8H13NO. The maximum absolute atomic E-state index is 10.9. The van der Waals surface area contributed by atoms with E-state index in [1.54, 1.807) is 0 Å². The molecular weight excluding hydrogens is 126 g/mol. The molecule has 2 aliphatic rings. The van der Waals surface area contributed by atoms with Crippen molar-refractivity contribution in [2.75, 3.05) is 0 Å². The van der Waals surface area contributed by atoms with Gasteiger partial charge >= 0.3 is 0 Å². The third-order valence-electron chi connectivity index (χ3n) is 2.80. The predicted octanol–water partition coefficient (Wildman–Crippen LogP) is 1.21. The third-order valence-corrected chi connectivity index (χ3v) is 2.80. The van der Waals surface area contributed by atoms with Crippen LogP contribution in [0.5, 0.6) is 0 Å². The number of carbonyl (C=O) groups is 1. The highest BCUT2D eigenvalue weighted by molar-refractivity contribution is 5.79. The maximum atomic E-state index is 10.9. The standard InChI is InChI=1S/C8H13NO/c10-7-3-6-8(9-7)4-1-2-5-8/h1-6H2,(H,9,10). The van der Waals surface area contributed by atoms with Gasteiger partial charge in [-0.3, -0.25) is 4.79 Å². The van der Waals surface area contributed by atoms with Crippen molar-refractivity contribution in [3.63, 3.8) is 0 Å². The summed E-state index contributed by atoms with van der Waals surface area (Å²) in [5, 5.41) is 3.09. The molecule has 0 aromatic rings. The van der Waals surface area contributed by atoms with E-state index in [2.05, 4.69) is 5.32 Å². The van der Waals surface area contributed by atoms with Gasteiger partial charge in [0.25, 0.3) is 0 Å². The summed E-state index contributed by atoms with van der Waals surface area (Å²) in [6.07, 6.45) is 6.91. The summed E-state index contributed by atoms with van der Waals surface area (Å²) in [5.74, 6) is 0.266. The Morgan fingerprint density at radius 3 is 2.40 bits per heavy atom. The summed E-state index contributed by atoms with van der Waals surface area (Å²) in [4.78, 5) is 10.9. The molecule has 0 bridgehead atoms. The minimum absolute atomic E-state index is 0.261. The molecule has 0 aromatic heterocycles. The lowest BCUT2D eigenvalue weighted by Crippen LogP contribution is -2.38. The van der Waals surface area contributed by atoms with Gasteiger partial charge < -0.3 is 5.32 Å². The van der Waals surface area contributed by atoms with Crippen molar-refractivity contribution in [3.05, 3.63) is 0 Å². The molecule has 2 heteroatoms. The van der Waals surface area contributed by atoms with Crippen LogP contribution < -0.4 is 5.32 Å². The summed E-state index contributed by atoms with van der Waals surface area (Å²) in [5.41, 5.74) is 0.261. The van der Waals surface area contributed by atoms with Crippen LogP contribution in [0.25, 0.3) is 0 Å². The fourth-order valence-corrected chi connectivity index (χ4v) is 2.20. The number of nitrogens with one attached hydrogen (secondary N) is 1. The lowest BCUT2D eigenvalue weighted by Gasteiger charge is -2.21. The summed E-state index contributed by atoms with van der Waals surface area (Å²) in [7, 11) is 0. The Hall–Kier alpha value is -0.530. The van der Waals surface area contributed by atoms with Crippen molar-refractivity contribution in [3.8, 4) is 0 Å². The first-order chi connectivity index (χ1) is 4.81. The van der Waals surface area contributed by atoms with Crippen LogP contribution in [0.4, 0.5) is 0 Å². The molecule has 0 unspecified atom stereocenters. The molecule has 0 radical (unpaired) electrons. The minimum Gasteiger partial charge on any atom is -0.351 e. The van der Waals surface area contributed by atoms with E-state index in [0.717, 1.165) is 12.8 Å². The molecule has 2 fully saturated rings. The second kappa shape index (κ2) is 1.97. The van der Waals surface area contributed by atoms with Gasteiger partial charge in [-0.2, -0.15) is 0 Å². The fourth-order valence-electron chi connectivity index (χ4n) is 2.20. The van der Waals surface area contributed by atoms with Crippen molar-refractivity contribution in [2.24, 2.45) is 0 Å². The quantitative estimate of drug-likeness (QED) is 0.537. The Morgan fingerprint density at radius 2 is 1.90 bits per heavy atom. The molecule has 1 spiro atoms. The van der Waals surface area contributed by atoms with Gasteiger partial charge in [-0.15, -0.1) is 0 Å². The van der Waals surface area contributed by atoms with E-state index in [1.165, 1.54) is 25.7 Å². The van der Waals surface area contributed by atoms with Crippen LogP contribution in [0.3, 0.4) is 0 Å². The zero-order chi connectivity index (χ0) is 7.03. The lowest BCUT2D eigenvalue weighted by molar-refractivity contribution is -0.119.